The van der Waals surface area contributed by atoms with Crippen LogP contribution in [0.25, 0.3) is 5.57 Å². The van der Waals surface area contributed by atoms with Crippen molar-refractivity contribution in [2.45, 2.75) is 25.1 Å². The van der Waals surface area contributed by atoms with Crippen molar-refractivity contribution >= 4 is 11.5 Å². The zero-order valence-corrected chi connectivity index (χ0v) is 16.0. The number of alkyl halides is 3. The number of amides is 1. The van der Waals surface area contributed by atoms with Crippen LogP contribution in [0.1, 0.15) is 24.0 Å². The molecule has 30 heavy (non-hydrogen) atoms. The third kappa shape index (κ3) is 4.53. The Balaban J connectivity index is 1.44. The highest BCUT2D eigenvalue weighted by Crippen LogP contribution is 2.38. The second-order valence-electron chi connectivity index (χ2n) is 7.07. The molecule has 2 heterocycles. The normalized spacial score (nSPS) is 19.4. The molecule has 2 aromatic rings. The molecule has 0 bridgehead atoms. The van der Waals surface area contributed by atoms with Gasteiger partial charge < -0.3 is 19.5 Å². The molecule has 0 saturated carbocycles. The number of para-hydroxylation sites is 2. The quantitative estimate of drug-likeness (QED) is 0.757. The summed E-state index contributed by atoms with van der Waals surface area (Å²) >= 11 is 0. The third-order valence-corrected chi connectivity index (χ3v) is 4.88. The maximum atomic E-state index is 13.0. The first kappa shape index (κ1) is 20.1. The van der Waals surface area contributed by atoms with Crippen LogP contribution in [0.5, 0.6) is 17.2 Å². The highest BCUT2D eigenvalue weighted by molar-refractivity contribution is 5.96. The summed E-state index contributed by atoms with van der Waals surface area (Å²) in [6.45, 7) is 0.845. The van der Waals surface area contributed by atoms with Crippen LogP contribution in [0.3, 0.4) is 0 Å². The zero-order chi connectivity index (χ0) is 21.1. The molecular formula is C22H20F3NO4. The summed E-state index contributed by atoms with van der Waals surface area (Å²) in [7, 11) is 0. The Kier molecular flexibility index (Phi) is 5.57. The van der Waals surface area contributed by atoms with Crippen LogP contribution < -0.4 is 19.5 Å². The van der Waals surface area contributed by atoms with Crippen molar-refractivity contribution in [2.75, 3.05) is 19.8 Å². The number of allylic oxidation sites excluding steroid dienone is 1. The van der Waals surface area contributed by atoms with Crippen LogP contribution >= 0.6 is 0 Å². The van der Waals surface area contributed by atoms with E-state index >= 15 is 0 Å². The second-order valence-corrected chi connectivity index (χ2v) is 7.07. The molecule has 0 radical (unpaired) electrons. The van der Waals surface area contributed by atoms with Gasteiger partial charge in [0.15, 0.2) is 11.5 Å². The van der Waals surface area contributed by atoms with E-state index in [1.807, 2.05) is 18.2 Å². The topological polar surface area (TPSA) is 56.8 Å². The first-order valence-electron chi connectivity index (χ1n) is 9.61. The summed E-state index contributed by atoms with van der Waals surface area (Å²) in [4.78, 5) is 12.4. The predicted molar refractivity (Wildman–Crippen MR) is 104 cm³/mol. The molecule has 1 unspecified atom stereocenters. The molecule has 2 aromatic carbocycles. The van der Waals surface area contributed by atoms with E-state index in [1.54, 1.807) is 6.07 Å². The van der Waals surface area contributed by atoms with Gasteiger partial charge in [-0.25, -0.2) is 0 Å². The minimum absolute atomic E-state index is 0.141. The molecule has 1 N–H and O–H groups in total. The van der Waals surface area contributed by atoms with E-state index in [2.05, 4.69) is 5.32 Å². The Labute approximate surface area is 171 Å². The van der Waals surface area contributed by atoms with Gasteiger partial charge in [0.05, 0.1) is 18.7 Å². The summed E-state index contributed by atoms with van der Waals surface area (Å²) in [5.41, 5.74) is 0.364. The first-order valence-corrected chi connectivity index (χ1v) is 9.61. The Morgan fingerprint density at radius 1 is 1.10 bits per heavy atom. The minimum atomic E-state index is -4.45. The van der Waals surface area contributed by atoms with E-state index in [0.29, 0.717) is 48.7 Å². The molecule has 0 aliphatic carbocycles. The van der Waals surface area contributed by atoms with Crippen molar-refractivity contribution < 1.29 is 32.2 Å². The molecule has 0 aromatic heterocycles. The first-order chi connectivity index (χ1) is 14.4. The summed E-state index contributed by atoms with van der Waals surface area (Å²) in [6, 6.07) is 10.6. The monoisotopic (exact) mass is 419 g/mol. The molecule has 1 amide bonds. The third-order valence-electron chi connectivity index (χ3n) is 4.88. The van der Waals surface area contributed by atoms with Gasteiger partial charge in [-0.05, 0) is 42.7 Å². The Hall–Kier alpha value is -3.16. The lowest BCUT2D eigenvalue weighted by Gasteiger charge is -2.26. The van der Waals surface area contributed by atoms with Crippen molar-refractivity contribution in [1.29, 1.82) is 0 Å². The molecule has 2 aliphatic heterocycles. The maximum Gasteiger partial charge on any atom is 0.416 e. The van der Waals surface area contributed by atoms with E-state index in [1.165, 1.54) is 12.1 Å². The largest absolute Gasteiger partial charge is 0.493 e. The molecular weight excluding hydrogens is 399 g/mol. The lowest BCUT2D eigenvalue weighted by molar-refractivity contribution is -0.137. The SMILES string of the molecule is O=C(C=C1CCCOc2cc(C(F)(F)F)ccc21)NCC1COc2ccccc2O1. The van der Waals surface area contributed by atoms with Crippen LogP contribution in [0.2, 0.25) is 0 Å². The fourth-order valence-electron chi connectivity index (χ4n) is 3.40. The fraction of sp³-hybridized carbons (Fsp3) is 0.318. The van der Waals surface area contributed by atoms with Gasteiger partial charge in [-0.2, -0.15) is 13.2 Å². The minimum Gasteiger partial charge on any atom is -0.493 e. The van der Waals surface area contributed by atoms with Crippen LogP contribution in [0.4, 0.5) is 13.2 Å². The van der Waals surface area contributed by atoms with E-state index in [-0.39, 0.29) is 24.3 Å². The number of ether oxygens (including phenoxy) is 3. The predicted octanol–water partition coefficient (Wildman–Crippen LogP) is 4.22. The van der Waals surface area contributed by atoms with Gasteiger partial charge in [0.2, 0.25) is 5.91 Å². The number of rotatable bonds is 3. The smallest absolute Gasteiger partial charge is 0.416 e. The van der Waals surface area contributed by atoms with Gasteiger partial charge in [0.25, 0.3) is 0 Å². The van der Waals surface area contributed by atoms with Crippen LogP contribution in [-0.4, -0.2) is 31.8 Å². The van der Waals surface area contributed by atoms with Crippen molar-refractivity contribution in [3.63, 3.8) is 0 Å². The molecule has 8 heteroatoms. The molecule has 158 valence electrons. The number of nitrogens with one attached hydrogen (secondary N) is 1. The van der Waals surface area contributed by atoms with Gasteiger partial charge >= 0.3 is 6.18 Å². The van der Waals surface area contributed by atoms with Gasteiger partial charge in [0.1, 0.15) is 18.5 Å². The second kappa shape index (κ2) is 8.30. The number of carbonyl (C=O) groups is 1. The van der Waals surface area contributed by atoms with E-state index < -0.39 is 11.7 Å². The van der Waals surface area contributed by atoms with Crippen LogP contribution in [0.15, 0.2) is 48.5 Å². The van der Waals surface area contributed by atoms with Crippen molar-refractivity contribution in [1.82, 2.24) is 5.32 Å². The lowest BCUT2D eigenvalue weighted by atomic mass is 9.99. The number of benzene rings is 2. The van der Waals surface area contributed by atoms with E-state index in [4.69, 9.17) is 14.2 Å². The maximum absolute atomic E-state index is 13.0. The molecule has 0 fully saturated rings. The molecule has 5 nitrogen and oxygen atoms in total. The van der Waals surface area contributed by atoms with Gasteiger partial charge in [0, 0.05) is 11.6 Å². The number of fused-ring (bicyclic) bond motifs is 2. The van der Waals surface area contributed by atoms with E-state index in [9.17, 15) is 18.0 Å². The van der Waals surface area contributed by atoms with Crippen molar-refractivity contribution in [3.8, 4) is 17.2 Å². The highest BCUT2D eigenvalue weighted by Gasteiger charge is 2.32. The Morgan fingerprint density at radius 3 is 2.70 bits per heavy atom. The fourth-order valence-corrected chi connectivity index (χ4v) is 3.40. The van der Waals surface area contributed by atoms with Crippen LogP contribution in [-0.2, 0) is 11.0 Å². The number of carbonyl (C=O) groups excluding carboxylic acids is 1. The van der Waals surface area contributed by atoms with E-state index in [0.717, 1.165) is 12.1 Å². The van der Waals surface area contributed by atoms with Crippen LogP contribution in [0, 0.1) is 0 Å². The van der Waals surface area contributed by atoms with Gasteiger partial charge in [-0.1, -0.05) is 18.2 Å². The average Bonchev–Trinajstić information content (AvgIpc) is 2.93. The lowest BCUT2D eigenvalue weighted by Crippen LogP contribution is -2.40. The Bertz CT molecular complexity index is 971. The van der Waals surface area contributed by atoms with Gasteiger partial charge in [-0.15, -0.1) is 0 Å². The van der Waals surface area contributed by atoms with Gasteiger partial charge in [-0.3, -0.25) is 4.79 Å². The average molecular weight is 419 g/mol. The summed E-state index contributed by atoms with van der Waals surface area (Å²) < 4.78 is 55.8. The standard InChI is InChI=1S/C22H20F3NO4/c23-22(24,25)15-7-8-17-14(4-3-9-28-20(17)11-15)10-21(27)26-12-16-13-29-18-5-1-2-6-19(18)30-16/h1-2,5-8,10-11,16H,3-4,9,12-13H2,(H,26,27). The van der Waals surface area contributed by atoms with Crippen molar-refractivity contribution in [2.24, 2.45) is 0 Å². The highest BCUT2D eigenvalue weighted by atomic mass is 19.4. The molecule has 0 saturated heterocycles. The number of hydrogen-bond acceptors (Lipinski definition) is 4. The summed E-state index contributed by atoms with van der Waals surface area (Å²) in [6.07, 6.45) is -2.24. The Morgan fingerprint density at radius 2 is 1.90 bits per heavy atom. The van der Waals surface area contributed by atoms with Crippen molar-refractivity contribution in [3.05, 3.63) is 59.7 Å². The number of halogens is 3. The molecule has 4 rings (SSSR count). The summed E-state index contributed by atoms with van der Waals surface area (Å²) in [5, 5.41) is 2.78. The molecule has 1 atom stereocenters. The number of hydrogen-bond donors (Lipinski definition) is 1. The summed E-state index contributed by atoms with van der Waals surface area (Å²) in [5.74, 6) is 1.08. The molecule has 2 aliphatic rings. The molecule has 0 spiro atoms. The zero-order valence-electron chi connectivity index (χ0n) is 16.0.